The molecule has 4 N–H and O–H groups in total. The fourth-order valence-corrected chi connectivity index (χ4v) is 3.45. The number of aromatic nitrogens is 2. The molecule has 0 unspecified atom stereocenters. The maximum Gasteiger partial charge on any atom is 0.131 e. The Hall–Kier alpha value is -1.40. The van der Waals surface area contributed by atoms with Gasteiger partial charge in [-0.25, -0.2) is 9.97 Å². The van der Waals surface area contributed by atoms with Crippen molar-refractivity contribution in [1.82, 2.24) is 9.97 Å². The van der Waals surface area contributed by atoms with Gasteiger partial charge >= 0.3 is 0 Å². The third-order valence-electron chi connectivity index (χ3n) is 4.79. The Morgan fingerprint density at radius 3 is 1.68 bits per heavy atom. The molecule has 2 aliphatic carbocycles. The van der Waals surface area contributed by atoms with Crippen LogP contribution in [0.25, 0.3) is 0 Å². The molecular formula is C16H26N4O2. The molecule has 2 aliphatic rings. The lowest BCUT2D eigenvalue weighted by Crippen LogP contribution is -2.37. The monoisotopic (exact) mass is 306 g/mol. The first-order valence-electron chi connectivity index (χ1n) is 8.43. The molecule has 1 aromatic rings. The summed E-state index contributed by atoms with van der Waals surface area (Å²) in [5, 5.41) is 26.7. The molecule has 4 atom stereocenters. The highest BCUT2D eigenvalue weighted by Crippen LogP contribution is 2.24. The minimum atomic E-state index is -0.305. The van der Waals surface area contributed by atoms with E-state index in [4.69, 9.17) is 0 Å². The highest BCUT2D eigenvalue weighted by Gasteiger charge is 2.24. The van der Waals surface area contributed by atoms with Crippen LogP contribution in [0.15, 0.2) is 12.4 Å². The van der Waals surface area contributed by atoms with Crippen LogP contribution in [0, 0.1) is 0 Å². The number of rotatable bonds is 4. The Balaban J connectivity index is 1.62. The highest BCUT2D eigenvalue weighted by atomic mass is 16.3. The van der Waals surface area contributed by atoms with Crippen molar-refractivity contribution < 1.29 is 10.2 Å². The van der Waals surface area contributed by atoms with E-state index in [1.54, 1.807) is 0 Å². The van der Waals surface area contributed by atoms with Crippen LogP contribution in [0.5, 0.6) is 0 Å². The predicted molar refractivity (Wildman–Crippen MR) is 85.8 cm³/mol. The first kappa shape index (κ1) is 15.5. The molecule has 1 aromatic heterocycles. The molecule has 3 rings (SSSR count). The Morgan fingerprint density at radius 1 is 0.773 bits per heavy atom. The molecule has 0 saturated heterocycles. The van der Waals surface area contributed by atoms with E-state index in [0.717, 1.165) is 63.0 Å². The summed E-state index contributed by atoms with van der Waals surface area (Å²) in [6.45, 7) is 0. The summed E-state index contributed by atoms with van der Waals surface area (Å²) in [5.74, 6) is 1.46. The topological polar surface area (TPSA) is 90.3 Å². The molecule has 2 saturated carbocycles. The third kappa shape index (κ3) is 3.87. The van der Waals surface area contributed by atoms with Gasteiger partial charge in [0.15, 0.2) is 0 Å². The van der Waals surface area contributed by atoms with Gasteiger partial charge in [0.05, 0.1) is 24.3 Å². The molecule has 0 radical (unpaired) electrons. The van der Waals surface area contributed by atoms with Gasteiger partial charge < -0.3 is 20.8 Å². The number of aliphatic hydroxyl groups is 2. The molecule has 22 heavy (non-hydrogen) atoms. The Morgan fingerprint density at radius 2 is 1.23 bits per heavy atom. The fourth-order valence-electron chi connectivity index (χ4n) is 3.45. The molecular weight excluding hydrogens is 280 g/mol. The molecule has 0 bridgehead atoms. The van der Waals surface area contributed by atoms with Crippen molar-refractivity contribution in [2.24, 2.45) is 0 Å². The number of anilines is 2. The zero-order valence-electron chi connectivity index (χ0n) is 12.9. The normalized spacial score (nSPS) is 32.5. The van der Waals surface area contributed by atoms with Crippen LogP contribution in [0.1, 0.15) is 51.4 Å². The second-order valence-corrected chi connectivity index (χ2v) is 6.49. The van der Waals surface area contributed by atoms with E-state index in [1.165, 1.54) is 6.33 Å². The van der Waals surface area contributed by atoms with Crippen LogP contribution < -0.4 is 10.6 Å². The summed E-state index contributed by atoms with van der Waals surface area (Å²) in [6.07, 6.45) is 9.01. The van der Waals surface area contributed by atoms with Crippen molar-refractivity contribution in [1.29, 1.82) is 0 Å². The van der Waals surface area contributed by atoms with E-state index in [9.17, 15) is 10.2 Å². The van der Waals surface area contributed by atoms with Crippen LogP contribution in [0.3, 0.4) is 0 Å². The minimum Gasteiger partial charge on any atom is -0.391 e. The van der Waals surface area contributed by atoms with Gasteiger partial charge in [-0.1, -0.05) is 25.7 Å². The fraction of sp³-hybridized carbons (Fsp3) is 0.750. The van der Waals surface area contributed by atoms with Crippen LogP contribution in [0.2, 0.25) is 0 Å². The summed E-state index contributed by atoms with van der Waals surface area (Å²) >= 11 is 0. The first-order chi connectivity index (χ1) is 10.7. The number of hydrogen-bond acceptors (Lipinski definition) is 6. The van der Waals surface area contributed by atoms with E-state index in [2.05, 4.69) is 20.6 Å². The summed E-state index contributed by atoms with van der Waals surface area (Å²) in [6, 6.07) is 2.00. The first-order valence-corrected chi connectivity index (χ1v) is 8.43. The third-order valence-corrected chi connectivity index (χ3v) is 4.79. The van der Waals surface area contributed by atoms with E-state index in [1.807, 2.05) is 6.07 Å². The van der Waals surface area contributed by atoms with Gasteiger partial charge in [-0.2, -0.15) is 0 Å². The number of nitrogens with one attached hydrogen (secondary N) is 2. The predicted octanol–water partition coefficient (Wildman–Crippen LogP) is 1.91. The number of nitrogens with zero attached hydrogens (tertiary/aromatic N) is 2. The smallest absolute Gasteiger partial charge is 0.131 e. The lowest BCUT2D eigenvalue weighted by atomic mass is 9.92. The minimum absolute atomic E-state index is 0.0665. The van der Waals surface area contributed by atoms with Gasteiger partial charge in [-0.05, 0) is 25.7 Å². The lowest BCUT2D eigenvalue weighted by Gasteiger charge is -2.30. The maximum atomic E-state index is 10.0. The van der Waals surface area contributed by atoms with Gasteiger partial charge in [0.25, 0.3) is 0 Å². The van der Waals surface area contributed by atoms with Crippen molar-refractivity contribution in [3.05, 3.63) is 12.4 Å². The van der Waals surface area contributed by atoms with E-state index in [0.29, 0.717) is 0 Å². The SMILES string of the molecule is O[C@H]1CCCC[C@@H]1Nc1cc(N[C@H]2CCCC[C@@H]2O)ncn1. The van der Waals surface area contributed by atoms with E-state index < -0.39 is 0 Å². The van der Waals surface area contributed by atoms with Crippen LogP contribution in [-0.4, -0.2) is 44.5 Å². The summed E-state index contributed by atoms with van der Waals surface area (Å²) in [7, 11) is 0. The lowest BCUT2D eigenvalue weighted by molar-refractivity contribution is 0.116. The van der Waals surface area contributed by atoms with Crippen molar-refractivity contribution in [2.45, 2.75) is 75.7 Å². The van der Waals surface area contributed by atoms with Crippen LogP contribution in [-0.2, 0) is 0 Å². The largest absolute Gasteiger partial charge is 0.391 e. The number of hydrogen-bond donors (Lipinski definition) is 4. The molecule has 2 fully saturated rings. The average molecular weight is 306 g/mol. The molecule has 122 valence electrons. The zero-order valence-corrected chi connectivity index (χ0v) is 12.9. The molecule has 1 heterocycles. The van der Waals surface area contributed by atoms with Gasteiger partial charge in [0, 0.05) is 6.07 Å². The molecule has 0 amide bonds. The standard InChI is InChI=1S/C16H26N4O2/c21-13-7-3-1-5-11(13)19-15-9-16(18-10-17-15)20-12-6-2-4-8-14(12)22/h9-14,21-22H,1-8H2,(H2,17,18,19,20)/t11-,12-,13-,14-/m0/s1. The zero-order chi connectivity index (χ0) is 15.4. The molecule has 6 nitrogen and oxygen atoms in total. The summed E-state index contributed by atoms with van der Waals surface area (Å²) < 4.78 is 0. The second kappa shape index (κ2) is 7.24. The Bertz CT molecular complexity index is 446. The van der Waals surface area contributed by atoms with Gasteiger partial charge in [-0.3, -0.25) is 0 Å². The number of aliphatic hydroxyl groups excluding tert-OH is 2. The van der Waals surface area contributed by atoms with E-state index in [-0.39, 0.29) is 24.3 Å². The highest BCUT2D eigenvalue weighted by molar-refractivity contribution is 5.47. The van der Waals surface area contributed by atoms with Crippen molar-refractivity contribution in [2.75, 3.05) is 10.6 Å². The molecule has 6 heteroatoms. The summed E-state index contributed by atoms with van der Waals surface area (Å²) in [4.78, 5) is 8.49. The summed E-state index contributed by atoms with van der Waals surface area (Å²) in [5.41, 5.74) is 0. The van der Waals surface area contributed by atoms with Crippen molar-refractivity contribution in [3.63, 3.8) is 0 Å². The second-order valence-electron chi connectivity index (χ2n) is 6.49. The Kier molecular flexibility index (Phi) is 5.10. The van der Waals surface area contributed by atoms with Gasteiger partial charge in [-0.15, -0.1) is 0 Å². The molecule has 0 aromatic carbocycles. The average Bonchev–Trinajstić information content (AvgIpc) is 2.52. The maximum absolute atomic E-state index is 10.0. The van der Waals surface area contributed by atoms with Crippen molar-refractivity contribution >= 4 is 11.6 Å². The van der Waals surface area contributed by atoms with E-state index >= 15 is 0 Å². The molecule has 0 aliphatic heterocycles. The Labute approximate surface area is 131 Å². The van der Waals surface area contributed by atoms with Crippen molar-refractivity contribution in [3.8, 4) is 0 Å². The van der Waals surface area contributed by atoms with Gasteiger partial charge in [0.2, 0.25) is 0 Å². The van der Waals surface area contributed by atoms with Gasteiger partial charge in [0.1, 0.15) is 18.0 Å². The quantitative estimate of drug-likeness (QED) is 0.679. The van der Waals surface area contributed by atoms with Crippen LogP contribution >= 0.6 is 0 Å². The molecule has 0 spiro atoms. The van der Waals surface area contributed by atoms with Crippen LogP contribution in [0.4, 0.5) is 11.6 Å².